The average Bonchev–Trinajstić information content (AvgIpc) is 2.64. The third-order valence-corrected chi connectivity index (χ3v) is 3.57. The van der Waals surface area contributed by atoms with Gasteiger partial charge in [0.1, 0.15) is 5.75 Å². The molecule has 2 aromatic rings. The molecular formula is C23H37NO. The predicted octanol–water partition coefficient (Wildman–Crippen LogP) is 6.29. The molecule has 0 radical (unpaired) electrons. The largest absolute Gasteiger partial charge is 0.493 e. The SMILES string of the molecule is CC.CC.Cc1c(OC[C@H](C)CN(C)C)cccc1-c1ccccc1. The van der Waals surface area contributed by atoms with Crippen molar-refractivity contribution in [2.75, 3.05) is 27.2 Å². The van der Waals surface area contributed by atoms with E-state index < -0.39 is 0 Å². The van der Waals surface area contributed by atoms with Crippen molar-refractivity contribution < 1.29 is 4.74 Å². The van der Waals surface area contributed by atoms with Crippen LogP contribution in [0.5, 0.6) is 5.75 Å². The van der Waals surface area contributed by atoms with Crippen molar-refractivity contribution in [3.63, 3.8) is 0 Å². The fraction of sp³-hybridized carbons (Fsp3) is 0.478. The zero-order chi connectivity index (χ0) is 19.2. The lowest BCUT2D eigenvalue weighted by Gasteiger charge is -2.19. The maximum atomic E-state index is 6.03. The molecule has 0 aromatic heterocycles. The van der Waals surface area contributed by atoms with Crippen LogP contribution in [0, 0.1) is 12.8 Å². The average molecular weight is 344 g/mol. The van der Waals surface area contributed by atoms with Crippen molar-refractivity contribution in [3.05, 3.63) is 54.1 Å². The third kappa shape index (κ3) is 8.22. The van der Waals surface area contributed by atoms with E-state index >= 15 is 0 Å². The summed E-state index contributed by atoms with van der Waals surface area (Å²) >= 11 is 0. The molecule has 140 valence electrons. The first-order valence-electron chi connectivity index (χ1n) is 9.50. The van der Waals surface area contributed by atoms with Gasteiger partial charge in [-0.2, -0.15) is 0 Å². The van der Waals surface area contributed by atoms with E-state index in [4.69, 9.17) is 4.74 Å². The molecule has 25 heavy (non-hydrogen) atoms. The van der Waals surface area contributed by atoms with Crippen molar-refractivity contribution in [3.8, 4) is 16.9 Å². The standard InChI is InChI=1S/C19H25NO.2C2H6/c1-15(13-20(3)4)14-21-19-12-8-11-18(16(19)2)17-9-6-5-7-10-17;2*1-2/h5-12,15H,13-14H2,1-4H3;2*1-2H3/t15-;;/m1../s1. The summed E-state index contributed by atoms with van der Waals surface area (Å²) in [5.74, 6) is 1.50. The highest BCUT2D eigenvalue weighted by Crippen LogP contribution is 2.30. The van der Waals surface area contributed by atoms with Crippen LogP contribution in [-0.4, -0.2) is 32.1 Å². The Morgan fingerprint density at radius 3 is 2.04 bits per heavy atom. The lowest BCUT2D eigenvalue weighted by Crippen LogP contribution is -2.24. The number of benzene rings is 2. The van der Waals surface area contributed by atoms with Crippen molar-refractivity contribution in [1.82, 2.24) is 4.90 Å². The van der Waals surface area contributed by atoms with Crippen LogP contribution in [0.2, 0.25) is 0 Å². The molecule has 0 amide bonds. The maximum absolute atomic E-state index is 6.03. The van der Waals surface area contributed by atoms with Crippen molar-refractivity contribution >= 4 is 0 Å². The van der Waals surface area contributed by atoms with Gasteiger partial charge in [0.15, 0.2) is 0 Å². The topological polar surface area (TPSA) is 12.5 Å². The van der Waals surface area contributed by atoms with Gasteiger partial charge in [0.25, 0.3) is 0 Å². The molecule has 0 spiro atoms. The van der Waals surface area contributed by atoms with Gasteiger partial charge in [-0.3, -0.25) is 0 Å². The van der Waals surface area contributed by atoms with Gasteiger partial charge in [0, 0.05) is 12.5 Å². The fourth-order valence-electron chi connectivity index (χ4n) is 2.61. The smallest absolute Gasteiger partial charge is 0.122 e. The van der Waals surface area contributed by atoms with Gasteiger partial charge < -0.3 is 9.64 Å². The van der Waals surface area contributed by atoms with Crippen LogP contribution in [-0.2, 0) is 0 Å². The number of rotatable bonds is 6. The van der Waals surface area contributed by atoms with Crippen LogP contribution in [0.3, 0.4) is 0 Å². The van der Waals surface area contributed by atoms with Gasteiger partial charge in [-0.1, -0.05) is 77.1 Å². The summed E-state index contributed by atoms with van der Waals surface area (Å²) in [4.78, 5) is 2.20. The van der Waals surface area contributed by atoms with Gasteiger partial charge in [0.2, 0.25) is 0 Å². The molecule has 0 aliphatic carbocycles. The molecule has 2 rings (SSSR count). The Morgan fingerprint density at radius 1 is 0.880 bits per heavy atom. The highest BCUT2D eigenvalue weighted by molar-refractivity contribution is 5.69. The van der Waals surface area contributed by atoms with Gasteiger partial charge in [-0.15, -0.1) is 0 Å². The van der Waals surface area contributed by atoms with Gasteiger partial charge in [-0.05, 0) is 43.8 Å². The van der Waals surface area contributed by atoms with Gasteiger partial charge in [-0.25, -0.2) is 0 Å². The van der Waals surface area contributed by atoms with E-state index in [-0.39, 0.29) is 0 Å². The normalized spacial score (nSPS) is 10.9. The highest BCUT2D eigenvalue weighted by atomic mass is 16.5. The minimum atomic E-state index is 0.514. The van der Waals surface area contributed by atoms with Crippen molar-refractivity contribution in [2.24, 2.45) is 5.92 Å². The second kappa shape index (κ2) is 13.5. The van der Waals surface area contributed by atoms with E-state index in [1.54, 1.807) is 0 Å². The molecule has 0 aliphatic heterocycles. The molecule has 0 heterocycles. The minimum absolute atomic E-state index is 0.514. The van der Waals surface area contributed by atoms with E-state index in [1.165, 1.54) is 16.7 Å². The molecular weight excluding hydrogens is 306 g/mol. The number of hydrogen-bond donors (Lipinski definition) is 0. The summed E-state index contributed by atoms with van der Waals surface area (Å²) in [6, 6.07) is 16.7. The summed E-state index contributed by atoms with van der Waals surface area (Å²) in [6.45, 7) is 14.1. The van der Waals surface area contributed by atoms with Crippen LogP contribution in [0.15, 0.2) is 48.5 Å². The van der Waals surface area contributed by atoms with Crippen LogP contribution >= 0.6 is 0 Å². The fourth-order valence-corrected chi connectivity index (χ4v) is 2.61. The molecule has 0 saturated heterocycles. The van der Waals surface area contributed by atoms with E-state index in [0.29, 0.717) is 5.92 Å². The number of hydrogen-bond acceptors (Lipinski definition) is 2. The van der Waals surface area contributed by atoms with Crippen LogP contribution in [0.25, 0.3) is 11.1 Å². The lowest BCUT2D eigenvalue weighted by atomic mass is 10.00. The molecule has 0 aliphatic rings. The Morgan fingerprint density at radius 2 is 1.48 bits per heavy atom. The summed E-state index contributed by atoms with van der Waals surface area (Å²) in [5, 5.41) is 0. The summed E-state index contributed by atoms with van der Waals surface area (Å²) in [5.41, 5.74) is 3.69. The Bertz CT molecular complexity index is 564. The van der Waals surface area contributed by atoms with Crippen LogP contribution in [0.4, 0.5) is 0 Å². The second-order valence-electron chi connectivity index (χ2n) is 5.97. The highest BCUT2D eigenvalue weighted by Gasteiger charge is 2.09. The van der Waals surface area contributed by atoms with E-state index in [0.717, 1.165) is 18.9 Å². The molecule has 0 N–H and O–H groups in total. The molecule has 2 heteroatoms. The lowest BCUT2D eigenvalue weighted by molar-refractivity contribution is 0.221. The van der Waals surface area contributed by atoms with Gasteiger partial charge in [0.05, 0.1) is 6.61 Å². The monoisotopic (exact) mass is 343 g/mol. The maximum Gasteiger partial charge on any atom is 0.122 e. The van der Waals surface area contributed by atoms with E-state index in [1.807, 2.05) is 33.8 Å². The van der Waals surface area contributed by atoms with Crippen LogP contribution in [0.1, 0.15) is 40.2 Å². The quantitative estimate of drug-likeness (QED) is 0.611. The first-order valence-corrected chi connectivity index (χ1v) is 9.50. The Balaban J connectivity index is 0.00000134. The molecule has 2 nitrogen and oxygen atoms in total. The second-order valence-corrected chi connectivity index (χ2v) is 5.97. The molecule has 1 atom stereocenters. The molecule has 0 unspecified atom stereocenters. The Labute approximate surface area is 155 Å². The number of ether oxygens (including phenoxy) is 1. The molecule has 2 aromatic carbocycles. The zero-order valence-electron chi connectivity index (χ0n) is 17.5. The van der Waals surface area contributed by atoms with Crippen molar-refractivity contribution in [1.29, 1.82) is 0 Å². The van der Waals surface area contributed by atoms with E-state index in [9.17, 15) is 0 Å². The molecule has 0 bridgehead atoms. The molecule has 0 saturated carbocycles. The Kier molecular flexibility index (Phi) is 12.5. The number of nitrogens with zero attached hydrogens (tertiary/aromatic N) is 1. The van der Waals surface area contributed by atoms with Gasteiger partial charge >= 0.3 is 0 Å². The van der Waals surface area contributed by atoms with Crippen LogP contribution < -0.4 is 4.74 Å². The van der Waals surface area contributed by atoms with E-state index in [2.05, 4.69) is 75.3 Å². The zero-order valence-corrected chi connectivity index (χ0v) is 17.5. The summed E-state index contributed by atoms with van der Waals surface area (Å²) in [6.07, 6.45) is 0. The molecule has 0 fully saturated rings. The minimum Gasteiger partial charge on any atom is -0.493 e. The summed E-state index contributed by atoms with van der Waals surface area (Å²) < 4.78 is 6.03. The third-order valence-electron chi connectivity index (χ3n) is 3.57. The summed E-state index contributed by atoms with van der Waals surface area (Å²) in [7, 11) is 4.19. The Hall–Kier alpha value is -1.80. The predicted molar refractivity (Wildman–Crippen MR) is 113 cm³/mol. The first-order chi connectivity index (χ1) is 12.1. The first kappa shape index (κ1) is 23.2. The van der Waals surface area contributed by atoms with Crippen molar-refractivity contribution in [2.45, 2.75) is 41.5 Å².